The maximum atomic E-state index is 12.9. The summed E-state index contributed by atoms with van der Waals surface area (Å²) in [5.41, 5.74) is 9.97. The van der Waals surface area contributed by atoms with Crippen molar-refractivity contribution in [2.75, 3.05) is 5.73 Å². The summed E-state index contributed by atoms with van der Waals surface area (Å²) in [7, 11) is 0. The molecule has 0 aliphatic heterocycles. The molecule has 0 saturated heterocycles. The van der Waals surface area contributed by atoms with Gasteiger partial charge >= 0.3 is 0 Å². The Hall–Kier alpha value is -3.77. The maximum Gasteiger partial charge on any atom is 0.293 e. The second-order valence-corrected chi connectivity index (χ2v) is 7.85. The first-order valence-corrected chi connectivity index (χ1v) is 10.6. The highest BCUT2D eigenvalue weighted by Crippen LogP contribution is 2.27. The van der Waals surface area contributed by atoms with Gasteiger partial charge in [0.05, 0.1) is 17.1 Å². The minimum absolute atomic E-state index is 0.0172. The van der Waals surface area contributed by atoms with Crippen molar-refractivity contribution in [3.05, 3.63) is 70.8 Å². The zero-order valence-electron chi connectivity index (χ0n) is 16.6. The number of hydrazone groups is 1. The number of nitrogens with two attached hydrogens (primary N) is 1. The lowest BCUT2D eigenvalue weighted by Gasteiger charge is -2.06. The monoisotopic (exact) mass is 469 g/mol. The number of benzene rings is 1. The Balaban J connectivity index is 1.60. The third kappa shape index (κ3) is 4.76. The Kier molecular flexibility index (Phi) is 6.42. The standard InChI is InChI=1S/C19H16ClN9O2S/c1-11(14-4-2-3-9-22-14)23-25-19(30)16-15(10-32-13-7-5-12(20)6-8-13)29(28-24-16)18-17(21)26-31-27-18/h2-9H,10H2,1H3,(H2,21,26)(H,25,30)/b23-11+. The van der Waals surface area contributed by atoms with Crippen molar-refractivity contribution >= 4 is 40.8 Å². The van der Waals surface area contributed by atoms with E-state index in [-0.39, 0.29) is 17.3 Å². The van der Waals surface area contributed by atoms with Crippen molar-refractivity contribution in [2.45, 2.75) is 17.6 Å². The third-order valence-corrected chi connectivity index (χ3v) is 5.50. The summed E-state index contributed by atoms with van der Waals surface area (Å²) in [6.07, 6.45) is 1.64. The smallest absolute Gasteiger partial charge is 0.293 e. The van der Waals surface area contributed by atoms with Crippen molar-refractivity contribution in [2.24, 2.45) is 5.10 Å². The second kappa shape index (κ2) is 9.58. The van der Waals surface area contributed by atoms with Crippen molar-refractivity contribution < 1.29 is 9.42 Å². The fraction of sp³-hybridized carbons (Fsp3) is 0.105. The molecule has 0 unspecified atom stereocenters. The molecular formula is C19H16ClN9O2S. The van der Waals surface area contributed by atoms with Crippen LogP contribution < -0.4 is 11.2 Å². The lowest BCUT2D eigenvalue weighted by molar-refractivity contribution is 0.0949. The highest BCUT2D eigenvalue weighted by Gasteiger charge is 2.24. The molecule has 3 aromatic heterocycles. The minimum Gasteiger partial charge on any atom is -0.378 e. The number of carbonyl (C=O) groups excluding carboxylic acids is 1. The lowest BCUT2D eigenvalue weighted by Crippen LogP contribution is -2.21. The van der Waals surface area contributed by atoms with E-state index in [9.17, 15) is 4.79 Å². The largest absolute Gasteiger partial charge is 0.378 e. The number of amides is 1. The Morgan fingerprint density at radius 2 is 2.06 bits per heavy atom. The molecule has 0 aliphatic rings. The van der Waals surface area contributed by atoms with Gasteiger partial charge in [-0.1, -0.05) is 22.9 Å². The number of hydrogen-bond acceptors (Lipinski definition) is 10. The molecule has 32 heavy (non-hydrogen) atoms. The Morgan fingerprint density at radius 1 is 1.25 bits per heavy atom. The van der Waals surface area contributed by atoms with Gasteiger partial charge in [0.1, 0.15) is 0 Å². The van der Waals surface area contributed by atoms with Crippen LogP contribution in [0.5, 0.6) is 0 Å². The quantitative estimate of drug-likeness (QED) is 0.236. The van der Waals surface area contributed by atoms with Gasteiger partial charge in [0, 0.05) is 21.9 Å². The molecule has 0 bridgehead atoms. The highest BCUT2D eigenvalue weighted by molar-refractivity contribution is 7.98. The normalized spacial score (nSPS) is 11.5. The molecule has 11 nitrogen and oxygen atoms in total. The predicted octanol–water partition coefficient (Wildman–Crippen LogP) is 2.73. The maximum absolute atomic E-state index is 12.9. The van der Waals surface area contributed by atoms with Crippen LogP contribution in [0.2, 0.25) is 5.02 Å². The summed E-state index contributed by atoms with van der Waals surface area (Å²) in [4.78, 5) is 18.0. The fourth-order valence-electron chi connectivity index (χ4n) is 2.62. The molecule has 0 aliphatic carbocycles. The molecule has 4 rings (SSSR count). The van der Waals surface area contributed by atoms with E-state index in [4.69, 9.17) is 17.3 Å². The van der Waals surface area contributed by atoms with Crippen molar-refractivity contribution in [3.8, 4) is 5.82 Å². The van der Waals surface area contributed by atoms with Crippen molar-refractivity contribution in [1.82, 2.24) is 35.7 Å². The number of hydrogen-bond donors (Lipinski definition) is 2. The first-order chi connectivity index (χ1) is 15.5. The highest BCUT2D eigenvalue weighted by atomic mass is 35.5. The molecule has 13 heteroatoms. The van der Waals surface area contributed by atoms with Crippen molar-refractivity contribution in [1.29, 1.82) is 0 Å². The number of nitrogens with one attached hydrogen (secondary N) is 1. The van der Waals surface area contributed by atoms with Crippen LogP contribution in [0, 0.1) is 0 Å². The molecule has 162 valence electrons. The van der Waals surface area contributed by atoms with E-state index in [1.807, 2.05) is 18.2 Å². The van der Waals surface area contributed by atoms with E-state index in [2.05, 4.69) is 40.8 Å². The first kappa shape index (κ1) is 21.5. The van der Waals surface area contributed by atoms with E-state index in [0.29, 0.717) is 27.9 Å². The topological polar surface area (TPSA) is 150 Å². The molecule has 0 fully saturated rings. The van der Waals surface area contributed by atoms with Gasteiger partial charge in [-0.3, -0.25) is 9.78 Å². The van der Waals surface area contributed by atoms with Gasteiger partial charge in [-0.2, -0.15) is 9.78 Å². The number of anilines is 1. The van der Waals surface area contributed by atoms with Crippen molar-refractivity contribution in [3.63, 3.8) is 0 Å². The summed E-state index contributed by atoms with van der Waals surface area (Å²) in [6.45, 7) is 1.73. The van der Waals surface area contributed by atoms with Crippen LogP contribution >= 0.6 is 23.4 Å². The van der Waals surface area contributed by atoms with E-state index in [1.54, 1.807) is 37.4 Å². The molecule has 0 atom stereocenters. The summed E-state index contributed by atoms with van der Waals surface area (Å²) < 4.78 is 5.98. The van der Waals surface area contributed by atoms with Gasteiger partial charge in [-0.15, -0.1) is 16.9 Å². The number of nitrogen functional groups attached to an aromatic ring is 1. The van der Waals surface area contributed by atoms with Crippen LogP contribution in [0.3, 0.4) is 0 Å². The molecule has 1 aromatic carbocycles. The van der Waals surface area contributed by atoms with Gasteiger partial charge in [0.25, 0.3) is 5.91 Å². The van der Waals surface area contributed by atoms with E-state index < -0.39 is 5.91 Å². The fourth-order valence-corrected chi connectivity index (χ4v) is 3.64. The molecule has 3 N–H and O–H groups in total. The van der Waals surface area contributed by atoms with Gasteiger partial charge in [-0.25, -0.2) is 10.1 Å². The van der Waals surface area contributed by atoms with E-state index in [0.717, 1.165) is 4.90 Å². The molecule has 0 radical (unpaired) electrons. The van der Waals surface area contributed by atoms with Crippen LogP contribution in [0.1, 0.15) is 28.8 Å². The number of aromatic nitrogens is 6. The summed E-state index contributed by atoms with van der Waals surface area (Å²) in [5.74, 6) is -0.0691. The summed E-state index contributed by atoms with van der Waals surface area (Å²) in [5, 5.41) is 20.1. The van der Waals surface area contributed by atoms with Crippen LogP contribution in [-0.4, -0.2) is 41.9 Å². The lowest BCUT2D eigenvalue weighted by atomic mass is 10.3. The van der Waals surface area contributed by atoms with Gasteiger partial charge < -0.3 is 5.73 Å². The third-order valence-electron chi connectivity index (χ3n) is 4.22. The van der Waals surface area contributed by atoms with Crippen LogP contribution in [0.15, 0.2) is 63.3 Å². The number of thioether (sulfide) groups is 1. The SMILES string of the molecule is C/C(=N\NC(=O)c1nnn(-c2nonc2N)c1CSc1ccc(Cl)cc1)c1ccccn1. The first-order valence-electron chi connectivity index (χ1n) is 9.20. The number of pyridine rings is 1. The number of carbonyl (C=O) groups is 1. The van der Waals surface area contributed by atoms with Crippen LogP contribution in [0.4, 0.5) is 5.82 Å². The Morgan fingerprint density at radius 3 is 2.75 bits per heavy atom. The number of nitrogens with zero attached hydrogens (tertiary/aromatic N) is 7. The summed E-state index contributed by atoms with van der Waals surface area (Å²) in [6, 6.07) is 12.7. The minimum atomic E-state index is -0.548. The molecule has 0 saturated carbocycles. The van der Waals surface area contributed by atoms with E-state index in [1.165, 1.54) is 16.4 Å². The molecule has 1 amide bonds. The van der Waals surface area contributed by atoms with Gasteiger partial charge in [-0.05, 0) is 53.6 Å². The average molecular weight is 470 g/mol. The Bertz CT molecular complexity index is 1260. The molecular weight excluding hydrogens is 454 g/mol. The van der Waals surface area contributed by atoms with Gasteiger partial charge in [0.2, 0.25) is 11.6 Å². The number of halogens is 1. The zero-order valence-corrected chi connectivity index (χ0v) is 18.2. The Labute approximate surface area is 191 Å². The molecule has 0 spiro atoms. The molecule has 4 aromatic rings. The predicted molar refractivity (Wildman–Crippen MR) is 119 cm³/mol. The van der Waals surface area contributed by atoms with Crippen LogP contribution in [0.25, 0.3) is 5.82 Å². The summed E-state index contributed by atoms with van der Waals surface area (Å²) >= 11 is 7.40. The number of rotatable bonds is 7. The van der Waals surface area contributed by atoms with Crippen LogP contribution in [-0.2, 0) is 5.75 Å². The zero-order chi connectivity index (χ0) is 22.5. The van der Waals surface area contributed by atoms with Gasteiger partial charge in [0.15, 0.2) is 5.69 Å². The van der Waals surface area contributed by atoms with E-state index >= 15 is 0 Å². The molecule has 3 heterocycles. The second-order valence-electron chi connectivity index (χ2n) is 6.37. The average Bonchev–Trinajstić information content (AvgIpc) is 3.43.